The maximum absolute atomic E-state index is 14.4. The van der Waals surface area contributed by atoms with Crippen LogP contribution in [-0.4, -0.2) is 21.4 Å². The van der Waals surface area contributed by atoms with E-state index in [0.717, 1.165) is 25.3 Å². The minimum atomic E-state index is -4.79. The fourth-order valence-electron chi connectivity index (χ4n) is 2.36. The molecule has 0 radical (unpaired) electrons. The third kappa shape index (κ3) is 5.43. The SMILES string of the molecule is Cn1nc(-c2cc(C=C(Cl)C(=O)OC(C)(C)C)c(Cl)cc2F)c(Cl)c1C(F)(F)F. The number of nitrogens with zero attached hydrogens (tertiary/aromatic N) is 2. The van der Waals surface area contributed by atoms with Gasteiger partial charge in [0.25, 0.3) is 0 Å². The van der Waals surface area contributed by atoms with Crippen LogP contribution in [0, 0.1) is 5.82 Å². The van der Waals surface area contributed by atoms with E-state index in [1.165, 1.54) is 0 Å². The number of ether oxygens (including phenoxy) is 1. The molecular formula is C18H15Cl3F4N2O2. The molecule has 0 atom stereocenters. The molecule has 0 aliphatic rings. The van der Waals surface area contributed by atoms with Gasteiger partial charge in [-0.2, -0.15) is 18.3 Å². The van der Waals surface area contributed by atoms with Gasteiger partial charge in [0.1, 0.15) is 22.1 Å². The quantitative estimate of drug-likeness (QED) is 0.291. The molecule has 0 aliphatic heterocycles. The number of aryl methyl sites for hydroxylation is 1. The monoisotopic (exact) mass is 472 g/mol. The fraction of sp³-hybridized carbons (Fsp3) is 0.333. The van der Waals surface area contributed by atoms with Gasteiger partial charge in [-0.3, -0.25) is 4.68 Å². The molecule has 2 aromatic rings. The van der Waals surface area contributed by atoms with Gasteiger partial charge in [-0.05, 0) is 44.5 Å². The number of rotatable bonds is 3. The lowest BCUT2D eigenvalue weighted by Crippen LogP contribution is -2.23. The molecule has 2 rings (SSSR count). The van der Waals surface area contributed by atoms with E-state index in [0.29, 0.717) is 4.68 Å². The molecular weight excluding hydrogens is 459 g/mol. The highest BCUT2D eigenvalue weighted by molar-refractivity contribution is 6.43. The van der Waals surface area contributed by atoms with Crippen molar-refractivity contribution in [3.63, 3.8) is 0 Å². The van der Waals surface area contributed by atoms with Gasteiger partial charge < -0.3 is 4.74 Å². The molecule has 0 saturated carbocycles. The normalized spacial score (nSPS) is 13.0. The maximum Gasteiger partial charge on any atom is 0.434 e. The molecule has 4 nitrogen and oxygen atoms in total. The lowest BCUT2D eigenvalue weighted by molar-refractivity contribution is -0.149. The second-order valence-corrected chi connectivity index (χ2v) is 8.17. The van der Waals surface area contributed by atoms with Gasteiger partial charge >= 0.3 is 12.1 Å². The van der Waals surface area contributed by atoms with E-state index in [1.54, 1.807) is 20.8 Å². The summed E-state index contributed by atoms with van der Waals surface area (Å²) in [7, 11) is 1.03. The van der Waals surface area contributed by atoms with E-state index in [-0.39, 0.29) is 21.2 Å². The third-order valence-corrected chi connectivity index (χ3v) is 4.42. The first-order chi connectivity index (χ1) is 13.1. The van der Waals surface area contributed by atoms with Crippen molar-refractivity contribution in [2.24, 2.45) is 7.05 Å². The van der Waals surface area contributed by atoms with Crippen LogP contribution in [0.5, 0.6) is 0 Å². The molecule has 0 bridgehead atoms. The zero-order valence-electron chi connectivity index (χ0n) is 15.6. The Hall–Kier alpha value is -1.77. The first-order valence-corrected chi connectivity index (χ1v) is 9.15. The van der Waals surface area contributed by atoms with Crippen molar-refractivity contribution >= 4 is 46.8 Å². The summed E-state index contributed by atoms with van der Waals surface area (Å²) in [6.07, 6.45) is -3.68. The van der Waals surface area contributed by atoms with Crippen molar-refractivity contribution < 1.29 is 27.1 Å². The van der Waals surface area contributed by atoms with Crippen LogP contribution in [0.25, 0.3) is 17.3 Å². The predicted molar refractivity (Wildman–Crippen MR) is 103 cm³/mol. The van der Waals surface area contributed by atoms with E-state index in [1.807, 2.05) is 0 Å². The van der Waals surface area contributed by atoms with Gasteiger partial charge in [-0.25, -0.2) is 9.18 Å². The van der Waals surface area contributed by atoms with Gasteiger partial charge in [-0.1, -0.05) is 34.8 Å². The van der Waals surface area contributed by atoms with E-state index in [9.17, 15) is 22.4 Å². The van der Waals surface area contributed by atoms with Crippen LogP contribution in [0.1, 0.15) is 32.0 Å². The van der Waals surface area contributed by atoms with Gasteiger partial charge in [0.2, 0.25) is 0 Å². The summed E-state index contributed by atoms with van der Waals surface area (Å²) in [5.74, 6) is -1.80. The van der Waals surface area contributed by atoms with Crippen molar-refractivity contribution in [3.8, 4) is 11.3 Å². The summed E-state index contributed by atoms with van der Waals surface area (Å²) in [5, 5.41) is 2.42. The highest BCUT2D eigenvalue weighted by Crippen LogP contribution is 2.41. The lowest BCUT2D eigenvalue weighted by Gasteiger charge is -2.19. The topological polar surface area (TPSA) is 44.1 Å². The molecule has 0 spiro atoms. The minimum Gasteiger partial charge on any atom is -0.456 e. The molecule has 1 aromatic heterocycles. The Labute approximate surface area is 179 Å². The first kappa shape index (κ1) is 23.5. The fourth-order valence-corrected chi connectivity index (χ4v) is 3.09. The molecule has 0 aliphatic carbocycles. The standard InChI is InChI=1S/C18H15Cl3F4N2O2/c1-17(2,3)29-16(28)11(20)6-8-5-9(12(22)7-10(8)19)14-13(21)15(18(23,24)25)27(4)26-14/h5-7H,1-4H3. The maximum atomic E-state index is 14.4. The average Bonchev–Trinajstić information content (AvgIpc) is 2.82. The molecule has 0 amide bonds. The summed E-state index contributed by atoms with van der Waals surface area (Å²) in [6, 6.07) is 1.96. The number of benzene rings is 1. The molecule has 0 saturated heterocycles. The molecule has 0 unspecified atom stereocenters. The number of alkyl halides is 3. The lowest BCUT2D eigenvalue weighted by atomic mass is 10.1. The van der Waals surface area contributed by atoms with Crippen LogP contribution in [0.2, 0.25) is 10.0 Å². The van der Waals surface area contributed by atoms with Gasteiger partial charge in [-0.15, -0.1) is 0 Å². The Morgan fingerprint density at radius 1 is 1.21 bits per heavy atom. The van der Waals surface area contributed by atoms with Crippen LogP contribution in [0.3, 0.4) is 0 Å². The van der Waals surface area contributed by atoms with E-state index in [2.05, 4.69) is 5.10 Å². The Bertz CT molecular complexity index is 992. The summed E-state index contributed by atoms with van der Waals surface area (Å²) >= 11 is 17.8. The zero-order valence-corrected chi connectivity index (χ0v) is 17.9. The summed E-state index contributed by atoms with van der Waals surface area (Å²) < 4.78 is 59.5. The first-order valence-electron chi connectivity index (χ1n) is 8.01. The predicted octanol–water partition coefficient (Wildman–Crippen LogP) is 6.47. The van der Waals surface area contributed by atoms with Crippen molar-refractivity contribution in [3.05, 3.63) is 44.3 Å². The second-order valence-electron chi connectivity index (χ2n) is 6.98. The summed E-state index contributed by atoms with van der Waals surface area (Å²) in [6.45, 7) is 4.91. The third-order valence-electron chi connectivity index (χ3n) is 3.48. The number of carbonyl (C=O) groups is 1. The van der Waals surface area contributed by atoms with Crippen molar-refractivity contribution in [2.75, 3.05) is 0 Å². The molecule has 29 heavy (non-hydrogen) atoms. The second kappa shape index (κ2) is 8.16. The Morgan fingerprint density at radius 2 is 1.79 bits per heavy atom. The highest BCUT2D eigenvalue weighted by Gasteiger charge is 2.39. The van der Waals surface area contributed by atoms with Gasteiger partial charge in [0, 0.05) is 12.6 Å². The number of hydrogen-bond donors (Lipinski definition) is 0. The van der Waals surface area contributed by atoms with Crippen molar-refractivity contribution in [2.45, 2.75) is 32.5 Å². The number of hydrogen-bond acceptors (Lipinski definition) is 3. The Morgan fingerprint density at radius 3 is 2.28 bits per heavy atom. The van der Waals surface area contributed by atoms with E-state index in [4.69, 9.17) is 39.5 Å². The van der Waals surface area contributed by atoms with E-state index < -0.39 is 40.0 Å². The number of aromatic nitrogens is 2. The van der Waals surface area contributed by atoms with Crippen LogP contribution in [-0.2, 0) is 22.8 Å². The number of esters is 1. The highest BCUT2D eigenvalue weighted by atomic mass is 35.5. The van der Waals surface area contributed by atoms with Gasteiger partial charge in [0.05, 0.1) is 10.0 Å². The zero-order chi connectivity index (χ0) is 22.3. The Kier molecular flexibility index (Phi) is 6.62. The van der Waals surface area contributed by atoms with Gasteiger partial charge in [0.15, 0.2) is 5.69 Å². The summed E-state index contributed by atoms with van der Waals surface area (Å²) in [4.78, 5) is 12.0. The molecule has 1 aromatic carbocycles. The molecule has 158 valence electrons. The van der Waals surface area contributed by atoms with Crippen molar-refractivity contribution in [1.82, 2.24) is 9.78 Å². The molecule has 11 heteroatoms. The largest absolute Gasteiger partial charge is 0.456 e. The molecule has 1 heterocycles. The summed E-state index contributed by atoms with van der Waals surface area (Å²) in [5.41, 5.74) is -2.75. The van der Waals surface area contributed by atoms with Crippen molar-refractivity contribution in [1.29, 1.82) is 0 Å². The van der Waals surface area contributed by atoms with E-state index >= 15 is 0 Å². The van der Waals surface area contributed by atoms with Crippen LogP contribution in [0.15, 0.2) is 17.2 Å². The molecule has 0 N–H and O–H groups in total. The minimum absolute atomic E-state index is 0.0641. The average molecular weight is 474 g/mol. The Balaban J connectivity index is 2.57. The molecule has 0 fully saturated rings. The number of carbonyl (C=O) groups excluding carboxylic acids is 1. The van der Waals surface area contributed by atoms with Crippen LogP contribution >= 0.6 is 34.8 Å². The van der Waals surface area contributed by atoms with Crippen LogP contribution < -0.4 is 0 Å². The smallest absolute Gasteiger partial charge is 0.434 e. The van der Waals surface area contributed by atoms with Crippen LogP contribution in [0.4, 0.5) is 17.6 Å². The number of halogens is 7.